The number of carbonyl (C=O) groups is 1. The third-order valence-electron chi connectivity index (χ3n) is 7.83. The van der Waals surface area contributed by atoms with Gasteiger partial charge in [0.1, 0.15) is 19.3 Å². The molecular weight excluding hydrogens is 649 g/mol. The van der Waals surface area contributed by atoms with Crippen molar-refractivity contribution >= 4 is 13.8 Å². The third-order valence-corrected chi connectivity index (χ3v) is 8.80. The molecular formula is C41H74NO7P. The number of carbonyl (C=O) groups excluding carboxylic acids is 1. The summed E-state index contributed by atoms with van der Waals surface area (Å²) < 4.78 is 34.1. The molecule has 0 aromatic rings. The number of ether oxygens (including phenoxy) is 2. The summed E-state index contributed by atoms with van der Waals surface area (Å²) in [6, 6.07) is 0. The minimum atomic E-state index is -4.51. The summed E-state index contributed by atoms with van der Waals surface area (Å²) >= 11 is 0. The van der Waals surface area contributed by atoms with Gasteiger partial charge in [-0.3, -0.25) is 9.36 Å². The van der Waals surface area contributed by atoms with E-state index >= 15 is 0 Å². The Labute approximate surface area is 307 Å². The molecule has 2 atom stereocenters. The summed E-state index contributed by atoms with van der Waals surface area (Å²) in [4.78, 5) is 24.6. The van der Waals surface area contributed by atoms with Crippen LogP contribution in [0.1, 0.15) is 136 Å². The maximum atomic E-state index is 12.3. The zero-order chi connectivity index (χ0) is 37.0. The van der Waals surface area contributed by atoms with Crippen molar-refractivity contribution < 1.29 is 37.3 Å². The standard InChI is InChI=1S/C41H74NO7P/c1-6-8-10-12-13-14-15-16-17-18-19-20-21-22-23-24-25-26-27-28-29-30-31-33-36-46-38-40(49-41(43)34-32-11-9-7-2)39-48-50(44,45)47-37-35-42(3,4)5/h8,10,13-14,16-17,19-20,22-23,40H,6-7,9,11-12,15,18,21,24-39H2,1-5H3/b10-8-,14-13-,17-16-,20-19-,23-22-. The first-order chi connectivity index (χ1) is 24.1. The lowest BCUT2D eigenvalue weighted by molar-refractivity contribution is -0.870. The molecule has 0 N–H and O–H groups in total. The van der Waals surface area contributed by atoms with Gasteiger partial charge in [-0.05, 0) is 57.8 Å². The molecule has 0 spiro atoms. The monoisotopic (exact) mass is 724 g/mol. The molecule has 0 radical (unpaired) electrons. The fraction of sp³-hybridized carbons (Fsp3) is 0.732. The number of nitrogens with zero attached hydrogens (tertiary/aromatic N) is 1. The second kappa shape index (κ2) is 34.3. The second-order valence-corrected chi connectivity index (χ2v) is 15.3. The van der Waals surface area contributed by atoms with Gasteiger partial charge in [-0.2, -0.15) is 0 Å². The Hall–Kier alpha value is -1.80. The first-order valence-electron chi connectivity index (χ1n) is 19.5. The molecule has 0 rings (SSSR count). The van der Waals surface area contributed by atoms with Crippen LogP contribution in [-0.2, 0) is 27.9 Å². The number of hydrogen-bond acceptors (Lipinski definition) is 7. The quantitative estimate of drug-likeness (QED) is 0.0211. The zero-order valence-electron chi connectivity index (χ0n) is 32.6. The van der Waals surface area contributed by atoms with Crippen molar-refractivity contribution in [3.05, 3.63) is 60.8 Å². The van der Waals surface area contributed by atoms with Crippen LogP contribution in [0.15, 0.2) is 60.8 Å². The van der Waals surface area contributed by atoms with Gasteiger partial charge in [0.2, 0.25) is 0 Å². The van der Waals surface area contributed by atoms with E-state index in [2.05, 4.69) is 74.6 Å². The van der Waals surface area contributed by atoms with Gasteiger partial charge in [-0.25, -0.2) is 0 Å². The number of quaternary nitrogens is 1. The second-order valence-electron chi connectivity index (χ2n) is 13.9. The number of hydrogen-bond donors (Lipinski definition) is 0. The number of phosphoric ester groups is 1. The van der Waals surface area contributed by atoms with E-state index in [4.69, 9.17) is 18.5 Å². The summed E-state index contributed by atoms with van der Waals surface area (Å²) in [7, 11) is 1.34. The molecule has 290 valence electrons. The van der Waals surface area contributed by atoms with Crippen molar-refractivity contribution in [3.8, 4) is 0 Å². The molecule has 8 nitrogen and oxygen atoms in total. The van der Waals surface area contributed by atoms with Crippen molar-refractivity contribution in [1.82, 2.24) is 0 Å². The molecule has 0 aromatic carbocycles. The number of rotatable bonds is 35. The van der Waals surface area contributed by atoms with Crippen LogP contribution in [0.3, 0.4) is 0 Å². The molecule has 0 aromatic heterocycles. The molecule has 0 aliphatic rings. The maximum Gasteiger partial charge on any atom is 0.306 e. The Morgan fingerprint density at radius 2 is 1.16 bits per heavy atom. The van der Waals surface area contributed by atoms with Gasteiger partial charge in [0.15, 0.2) is 0 Å². The van der Waals surface area contributed by atoms with Gasteiger partial charge in [0.25, 0.3) is 7.82 Å². The molecule has 0 fully saturated rings. The number of esters is 1. The molecule has 0 saturated heterocycles. The van der Waals surface area contributed by atoms with E-state index in [1.807, 2.05) is 21.1 Å². The van der Waals surface area contributed by atoms with Crippen LogP contribution in [-0.4, -0.2) is 70.7 Å². The van der Waals surface area contributed by atoms with E-state index in [0.29, 0.717) is 24.1 Å². The Balaban J connectivity index is 4.00. The van der Waals surface area contributed by atoms with Crippen LogP contribution < -0.4 is 4.89 Å². The van der Waals surface area contributed by atoms with Gasteiger partial charge in [-0.15, -0.1) is 0 Å². The molecule has 0 amide bonds. The van der Waals surface area contributed by atoms with Crippen molar-refractivity contribution in [1.29, 1.82) is 0 Å². The SMILES string of the molecule is CC/C=C\C/C=C\C/C=C\C/C=C\C/C=C\CCCCCCCCCCOCC(COP(=O)([O-])OCC[N+](C)(C)C)OC(=O)CCCCCC. The number of phosphoric acid groups is 1. The Kier molecular flexibility index (Phi) is 33.1. The molecule has 0 aliphatic carbocycles. The van der Waals surface area contributed by atoms with Gasteiger partial charge in [0, 0.05) is 13.0 Å². The van der Waals surface area contributed by atoms with Crippen LogP contribution in [0.2, 0.25) is 0 Å². The Bertz CT molecular complexity index is 984. The first-order valence-corrected chi connectivity index (χ1v) is 21.0. The average Bonchev–Trinajstić information content (AvgIpc) is 3.06. The predicted octanol–water partition coefficient (Wildman–Crippen LogP) is 10.4. The van der Waals surface area contributed by atoms with E-state index < -0.39 is 13.9 Å². The molecule has 50 heavy (non-hydrogen) atoms. The van der Waals surface area contributed by atoms with Crippen LogP contribution >= 0.6 is 7.82 Å². The van der Waals surface area contributed by atoms with E-state index in [0.717, 1.165) is 77.0 Å². The van der Waals surface area contributed by atoms with Crippen molar-refractivity contribution in [3.63, 3.8) is 0 Å². The fourth-order valence-electron chi connectivity index (χ4n) is 4.81. The minimum Gasteiger partial charge on any atom is -0.756 e. The Morgan fingerprint density at radius 3 is 1.72 bits per heavy atom. The highest BCUT2D eigenvalue weighted by atomic mass is 31.2. The van der Waals surface area contributed by atoms with Gasteiger partial charge in [0.05, 0.1) is 34.4 Å². The molecule has 0 aliphatic heterocycles. The summed E-state index contributed by atoms with van der Waals surface area (Å²) in [6.07, 6.45) is 41.5. The number of allylic oxidation sites excluding steroid dienone is 10. The smallest absolute Gasteiger partial charge is 0.306 e. The molecule has 0 bridgehead atoms. The average molecular weight is 724 g/mol. The largest absolute Gasteiger partial charge is 0.756 e. The highest BCUT2D eigenvalue weighted by Gasteiger charge is 2.20. The topological polar surface area (TPSA) is 94.1 Å². The van der Waals surface area contributed by atoms with E-state index in [-0.39, 0.29) is 25.8 Å². The van der Waals surface area contributed by atoms with E-state index in [1.165, 1.54) is 38.5 Å². The number of unbranched alkanes of at least 4 members (excludes halogenated alkanes) is 11. The van der Waals surface area contributed by atoms with Gasteiger partial charge >= 0.3 is 5.97 Å². The summed E-state index contributed by atoms with van der Waals surface area (Å²) in [5, 5.41) is 0. The van der Waals surface area contributed by atoms with E-state index in [1.54, 1.807) is 0 Å². The summed E-state index contributed by atoms with van der Waals surface area (Å²) in [5.41, 5.74) is 0. The summed E-state index contributed by atoms with van der Waals surface area (Å²) in [5.74, 6) is -0.358. The lowest BCUT2D eigenvalue weighted by atomic mass is 10.1. The van der Waals surface area contributed by atoms with Crippen LogP contribution in [0.25, 0.3) is 0 Å². The lowest BCUT2D eigenvalue weighted by Gasteiger charge is -2.28. The Morgan fingerprint density at radius 1 is 0.640 bits per heavy atom. The normalized spacial score (nSPS) is 14.6. The third kappa shape index (κ3) is 37.5. The fourth-order valence-corrected chi connectivity index (χ4v) is 5.53. The molecule has 2 unspecified atom stereocenters. The predicted molar refractivity (Wildman–Crippen MR) is 208 cm³/mol. The van der Waals surface area contributed by atoms with Crippen molar-refractivity contribution in [2.75, 3.05) is 54.1 Å². The summed E-state index contributed by atoms with van der Waals surface area (Å²) in [6.45, 7) is 5.12. The van der Waals surface area contributed by atoms with Crippen molar-refractivity contribution in [2.24, 2.45) is 0 Å². The van der Waals surface area contributed by atoms with Crippen LogP contribution in [0, 0.1) is 0 Å². The molecule has 0 saturated carbocycles. The maximum absolute atomic E-state index is 12.3. The van der Waals surface area contributed by atoms with Crippen molar-refractivity contribution in [2.45, 2.75) is 142 Å². The first kappa shape index (κ1) is 48.2. The van der Waals surface area contributed by atoms with Crippen LogP contribution in [0.5, 0.6) is 0 Å². The molecule has 9 heteroatoms. The van der Waals surface area contributed by atoms with Gasteiger partial charge < -0.3 is 27.9 Å². The van der Waals surface area contributed by atoms with Crippen LogP contribution in [0.4, 0.5) is 0 Å². The molecule has 0 heterocycles. The highest BCUT2D eigenvalue weighted by molar-refractivity contribution is 7.45. The lowest BCUT2D eigenvalue weighted by Crippen LogP contribution is -2.37. The highest BCUT2D eigenvalue weighted by Crippen LogP contribution is 2.38. The zero-order valence-corrected chi connectivity index (χ0v) is 33.5. The number of likely N-dealkylation sites (N-methyl/N-ethyl adjacent to an activating group) is 1. The van der Waals surface area contributed by atoms with E-state index in [9.17, 15) is 14.3 Å². The minimum absolute atomic E-state index is 0.0216. The van der Waals surface area contributed by atoms with Gasteiger partial charge in [-0.1, -0.05) is 132 Å².